The number of hydrogen-bond donors (Lipinski definition) is 0. The van der Waals surface area contributed by atoms with Crippen molar-refractivity contribution in [3.63, 3.8) is 0 Å². The number of aromatic nitrogens is 1. The standard InChI is InChI=1S/C23H36N4O/c1-18(2)21-17-27(15-7-14-26(21)16-19-9-10-19)22-20(8-6-11-24-22)23(28)25-12-4-3-5-13-25/h6,8,11,18-19,21H,3-5,7,9-10,12-17H2,1-2H3/t21-/m1/s1. The average molecular weight is 385 g/mol. The fourth-order valence-corrected chi connectivity index (χ4v) is 4.83. The minimum Gasteiger partial charge on any atom is -0.354 e. The summed E-state index contributed by atoms with van der Waals surface area (Å²) in [6.45, 7) is 10.8. The van der Waals surface area contributed by atoms with Gasteiger partial charge in [-0.05, 0) is 62.5 Å². The minimum absolute atomic E-state index is 0.169. The zero-order valence-corrected chi connectivity index (χ0v) is 17.6. The van der Waals surface area contributed by atoms with Gasteiger partial charge in [0.25, 0.3) is 5.91 Å². The van der Waals surface area contributed by atoms with Crippen molar-refractivity contribution in [2.75, 3.05) is 44.2 Å². The Balaban J connectivity index is 1.55. The van der Waals surface area contributed by atoms with E-state index in [4.69, 9.17) is 4.98 Å². The number of likely N-dealkylation sites (tertiary alicyclic amines) is 1. The summed E-state index contributed by atoms with van der Waals surface area (Å²) in [5.74, 6) is 2.59. The topological polar surface area (TPSA) is 39.7 Å². The van der Waals surface area contributed by atoms with Gasteiger partial charge in [0.05, 0.1) is 5.56 Å². The Morgan fingerprint density at radius 1 is 1.11 bits per heavy atom. The number of rotatable bonds is 5. The van der Waals surface area contributed by atoms with Gasteiger partial charge < -0.3 is 9.80 Å². The Morgan fingerprint density at radius 2 is 1.89 bits per heavy atom. The SMILES string of the molecule is CC(C)[C@H]1CN(c2ncccc2C(=O)N2CCCCC2)CCCN1CC1CC1. The van der Waals surface area contributed by atoms with Crippen molar-refractivity contribution in [3.8, 4) is 0 Å². The first-order chi connectivity index (χ1) is 13.6. The molecule has 3 aliphatic rings. The van der Waals surface area contributed by atoms with Gasteiger partial charge >= 0.3 is 0 Å². The highest BCUT2D eigenvalue weighted by Gasteiger charge is 2.33. The third kappa shape index (κ3) is 4.51. The maximum absolute atomic E-state index is 13.2. The maximum atomic E-state index is 13.2. The highest BCUT2D eigenvalue weighted by molar-refractivity contribution is 5.99. The highest BCUT2D eigenvalue weighted by Crippen LogP contribution is 2.32. The lowest BCUT2D eigenvalue weighted by molar-refractivity contribution is 0.0724. The zero-order chi connectivity index (χ0) is 19.5. The second kappa shape index (κ2) is 8.81. The van der Waals surface area contributed by atoms with Crippen LogP contribution in [0.3, 0.4) is 0 Å². The first-order valence-corrected chi connectivity index (χ1v) is 11.4. The van der Waals surface area contributed by atoms with Gasteiger partial charge in [-0.15, -0.1) is 0 Å². The Kier molecular flexibility index (Phi) is 6.19. The second-order valence-corrected chi connectivity index (χ2v) is 9.28. The molecular formula is C23H36N4O. The molecule has 0 N–H and O–H groups in total. The van der Waals surface area contributed by atoms with Crippen molar-refractivity contribution in [2.45, 2.75) is 58.4 Å². The maximum Gasteiger partial charge on any atom is 0.257 e. The van der Waals surface area contributed by atoms with Crippen molar-refractivity contribution >= 4 is 11.7 Å². The number of hydrogen-bond acceptors (Lipinski definition) is 4. The number of carbonyl (C=O) groups is 1. The van der Waals surface area contributed by atoms with Crippen LogP contribution in [0.2, 0.25) is 0 Å². The third-order valence-corrected chi connectivity index (χ3v) is 6.67. The predicted octanol–water partition coefficient (Wildman–Crippen LogP) is 3.65. The van der Waals surface area contributed by atoms with Crippen LogP contribution >= 0.6 is 0 Å². The van der Waals surface area contributed by atoms with Crippen molar-refractivity contribution < 1.29 is 4.79 Å². The summed E-state index contributed by atoms with van der Waals surface area (Å²) in [5.41, 5.74) is 0.794. The third-order valence-electron chi connectivity index (χ3n) is 6.67. The summed E-state index contributed by atoms with van der Waals surface area (Å²) in [6.07, 6.45) is 9.28. The molecule has 1 aromatic rings. The van der Waals surface area contributed by atoms with Gasteiger partial charge in [0, 0.05) is 51.5 Å². The lowest BCUT2D eigenvalue weighted by Gasteiger charge is -2.35. The van der Waals surface area contributed by atoms with E-state index in [0.29, 0.717) is 12.0 Å². The fourth-order valence-electron chi connectivity index (χ4n) is 4.83. The van der Waals surface area contributed by atoms with E-state index in [1.165, 1.54) is 25.8 Å². The molecule has 5 heteroatoms. The molecule has 2 saturated heterocycles. The van der Waals surface area contributed by atoms with E-state index in [2.05, 4.69) is 23.6 Å². The fraction of sp³-hybridized carbons (Fsp3) is 0.739. The lowest BCUT2D eigenvalue weighted by atomic mass is 10.0. The van der Waals surface area contributed by atoms with E-state index in [-0.39, 0.29) is 5.91 Å². The van der Waals surface area contributed by atoms with Crippen molar-refractivity contribution in [2.24, 2.45) is 11.8 Å². The molecule has 28 heavy (non-hydrogen) atoms. The van der Waals surface area contributed by atoms with Crippen molar-refractivity contribution in [1.29, 1.82) is 0 Å². The number of nitrogens with zero attached hydrogens (tertiary/aromatic N) is 4. The molecule has 1 saturated carbocycles. The number of piperidine rings is 1. The second-order valence-electron chi connectivity index (χ2n) is 9.28. The smallest absolute Gasteiger partial charge is 0.257 e. The highest BCUT2D eigenvalue weighted by atomic mass is 16.2. The van der Waals surface area contributed by atoms with Crippen LogP contribution in [0.4, 0.5) is 5.82 Å². The number of amides is 1. The average Bonchev–Trinajstić information content (AvgIpc) is 3.55. The summed E-state index contributed by atoms with van der Waals surface area (Å²) in [4.78, 5) is 25.1. The molecule has 1 aliphatic carbocycles. The Bertz CT molecular complexity index is 666. The summed E-state index contributed by atoms with van der Waals surface area (Å²) < 4.78 is 0. The normalized spacial score (nSPS) is 24.5. The Morgan fingerprint density at radius 3 is 2.61 bits per heavy atom. The largest absolute Gasteiger partial charge is 0.354 e. The predicted molar refractivity (Wildman–Crippen MR) is 114 cm³/mol. The van der Waals surface area contributed by atoms with E-state index < -0.39 is 0 Å². The molecule has 2 aliphatic heterocycles. The molecule has 3 fully saturated rings. The molecule has 154 valence electrons. The summed E-state index contributed by atoms with van der Waals surface area (Å²) in [5, 5.41) is 0. The van der Waals surface area contributed by atoms with Gasteiger partial charge in [0.15, 0.2) is 0 Å². The van der Waals surface area contributed by atoms with Gasteiger partial charge in [-0.25, -0.2) is 4.98 Å². The van der Waals surface area contributed by atoms with E-state index in [1.807, 2.05) is 23.2 Å². The van der Waals surface area contributed by atoms with Gasteiger partial charge in [-0.3, -0.25) is 9.69 Å². The van der Waals surface area contributed by atoms with Crippen LogP contribution in [0.25, 0.3) is 0 Å². The molecule has 1 aromatic heterocycles. The van der Waals surface area contributed by atoms with Gasteiger partial charge in [0.1, 0.15) is 5.82 Å². The molecule has 1 atom stereocenters. The van der Waals surface area contributed by atoms with Crippen LogP contribution in [-0.4, -0.2) is 66.0 Å². The molecule has 1 amide bonds. The molecule has 3 heterocycles. The zero-order valence-electron chi connectivity index (χ0n) is 17.6. The molecule has 0 radical (unpaired) electrons. The van der Waals surface area contributed by atoms with Gasteiger partial charge in [0.2, 0.25) is 0 Å². The van der Waals surface area contributed by atoms with Crippen molar-refractivity contribution in [3.05, 3.63) is 23.9 Å². The summed E-state index contributed by atoms with van der Waals surface area (Å²) in [6, 6.07) is 4.43. The first-order valence-electron chi connectivity index (χ1n) is 11.4. The van der Waals surface area contributed by atoms with Crippen molar-refractivity contribution in [1.82, 2.24) is 14.8 Å². The van der Waals surface area contributed by atoms with Crippen LogP contribution in [0.5, 0.6) is 0 Å². The molecule has 0 bridgehead atoms. The molecule has 0 aromatic carbocycles. The Labute approximate surface area is 170 Å². The molecule has 0 unspecified atom stereocenters. The van der Waals surface area contributed by atoms with Crippen LogP contribution in [0, 0.1) is 11.8 Å². The number of anilines is 1. The van der Waals surface area contributed by atoms with E-state index in [9.17, 15) is 4.79 Å². The van der Waals surface area contributed by atoms with Gasteiger partial charge in [-0.1, -0.05) is 13.8 Å². The summed E-state index contributed by atoms with van der Waals surface area (Å²) >= 11 is 0. The molecule has 4 rings (SSSR count). The Hall–Kier alpha value is -1.62. The lowest BCUT2D eigenvalue weighted by Crippen LogP contribution is -2.46. The van der Waals surface area contributed by atoms with Crippen LogP contribution < -0.4 is 4.90 Å². The monoisotopic (exact) mass is 384 g/mol. The number of carbonyl (C=O) groups excluding carboxylic acids is 1. The van der Waals surface area contributed by atoms with Crippen LogP contribution in [0.1, 0.15) is 62.7 Å². The molecule has 5 nitrogen and oxygen atoms in total. The molecule has 0 spiro atoms. The van der Waals surface area contributed by atoms with Gasteiger partial charge in [-0.2, -0.15) is 0 Å². The van der Waals surface area contributed by atoms with E-state index in [0.717, 1.165) is 69.3 Å². The quantitative estimate of drug-likeness (QED) is 0.777. The van der Waals surface area contributed by atoms with Crippen LogP contribution in [-0.2, 0) is 0 Å². The van der Waals surface area contributed by atoms with E-state index >= 15 is 0 Å². The van der Waals surface area contributed by atoms with Crippen LogP contribution in [0.15, 0.2) is 18.3 Å². The first kappa shape index (κ1) is 19.7. The number of pyridine rings is 1. The minimum atomic E-state index is 0.169. The summed E-state index contributed by atoms with van der Waals surface area (Å²) in [7, 11) is 0. The molecular weight excluding hydrogens is 348 g/mol. The van der Waals surface area contributed by atoms with E-state index in [1.54, 1.807) is 0 Å².